The Bertz CT molecular complexity index is 852. The maximum atomic E-state index is 5.45. The fourth-order valence-electron chi connectivity index (χ4n) is 2.24. The number of aryl methyl sites for hydroxylation is 1. The minimum Gasteiger partial charge on any atom is -0.494 e. The number of nitrogens with zero attached hydrogens (tertiary/aromatic N) is 2. The van der Waals surface area contributed by atoms with Gasteiger partial charge in [0.25, 0.3) is 0 Å². The molecule has 0 fully saturated rings. The molecule has 0 spiro atoms. The monoisotopic (exact) mass is 398 g/mol. The van der Waals surface area contributed by atoms with E-state index in [2.05, 4.69) is 36.5 Å². The van der Waals surface area contributed by atoms with Crippen LogP contribution in [-0.4, -0.2) is 16.6 Å². The summed E-state index contributed by atoms with van der Waals surface area (Å²) in [6.45, 7) is 4.67. The maximum Gasteiger partial charge on any atom is 0.229 e. The predicted octanol–water partition coefficient (Wildman–Crippen LogP) is 5.43. The zero-order chi connectivity index (χ0) is 17.6. The van der Waals surface area contributed by atoms with Crippen LogP contribution in [0.4, 0.5) is 23.1 Å². The summed E-state index contributed by atoms with van der Waals surface area (Å²) in [6, 6.07) is 15.6. The van der Waals surface area contributed by atoms with Gasteiger partial charge in [0.1, 0.15) is 11.6 Å². The van der Waals surface area contributed by atoms with Crippen LogP contribution in [0.3, 0.4) is 0 Å². The van der Waals surface area contributed by atoms with Gasteiger partial charge in [-0.3, -0.25) is 0 Å². The molecule has 5 nitrogen and oxygen atoms in total. The Labute approximate surface area is 155 Å². The molecule has 0 radical (unpaired) electrons. The van der Waals surface area contributed by atoms with Crippen molar-refractivity contribution in [1.29, 1.82) is 0 Å². The average molecular weight is 399 g/mol. The lowest BCUT2D eigenvalue weighted by molar-refractivity contribution is 0.340. The topological polar surface area (TPSA) is 59.1 Å². The molecule has 0 bridgehead atoms. The van der Waals surface area contributed by atoms with Gasteiger partial charge in [0.05, 0.1) is 6.61 Å². The van der Waals surface area contributed by atoms with E-state index in [1.54, 1.807) is 6.20 Å². The first-order chi connectivity index (χ1) is 12.1. The van der Waals surface area contributed by atoms with Gasteiger partial charge in [0.2, 0.25) is 5.95 Å². The second-order valence-corrected chi connectivity index (χ2v) is 6.29. The van der Waals surface area contributed by atoms with E-state index in [9.17, 15) is 0 Å². The smallest absolute Gasteiger partial charge is 0.229 e. The molecule has 0 unspecified atom stereocenters. The van der Waals surface area contributed by atoms with Crippen LogP contribution >= 0.6 is 15.9 Å². The molecule has 2 aromatic carbocycles. The van der Waals surface area contributed by atoms with Crippen LogP contribution in [0.2, 0.25) is 0 Å². The van der Waals surface area contributed by atoms with E-state index in [1.165, 1.54) is 5.56 Å². The molecule has 128 valence electrons. The van der Waals surface area contributed by atoms with Crippen LogP contribution in [0, 0.1) is 6.92 Å². The Morgan fingerprint density at radius 2 is 1.76 bits per heavy atom. The van der Waals surface area contributed by atoms with Gasteiger partial charge in [-0.15, -0.1) is 0 Å². The Morgan fingerprint density at radius 3 is 2.48 bits per heavy atom. The minimum absolute atomic E-state index is 0.534. The van der Waals surface area contributed by atoms with E-state index in [0.717, 1.165) is 21.6 Å². The molecule has 3 aromatic rings. The molecular formula is C19H19BrN4O. The van der Waals surface area contributed by atoms with E-state index in [4.69, 9.17) is 4.74 Å². The van der Waals surface area contributed by atoms with Crippen LogP contribution in [0.15, 0.2) is 59.2 Å². The summed E-state index contributed by atoms with van der Waals surface area (Å²) in [5.74, 6) is 2.10. The van der Waals surface area contributed by atoms with Crippen LogP contribution in [0.5, 0.6) is 5.75 Å². The summed E-state index contributed by atoms with van der Waals surface area (Å²) >= 11 is 3.53. The van der Waals surface area contributed by atoms with Crippen LogP contribution in [0.1, 0.15) is 12.5 Å². The number of hydrogen-bond donors (Lipinski definition) is 2. The van der Waals surface area contributed by atoms with Gasteiger partial charge >= 0.3 is 0 Å². The Kier molecular flexibility index (Phi) is 5.50. The molecule has 3 rings (SSSR count). The Hall–Kier alpha value is -2.60. The Morgan fingerprint density at radius 1 is 1.00 bits per heavy atom. The summed E-state index contributed by atoms with van der Waals surface area (Å²) < 4.78 is 6.49. The average Bonchev–Trinajstić information content (AvgIpc) is 2.61. The van der Waals surface area contributed by atoms with Crippen molar-refractivity contribution in [2.45, 2.75) is 13.8 Å². The lowest BCUT2D eigenvalue weighted by Gasteiger charge is -2.10. The zero-order valence-electron chi connectivity index (χ0n) is 14.1. The van der Waals surface area contributed by atoms with Gasteiger partial charge in [0, 0.05) is 22.0 Å². The third-order valence-corrected chi connectivity index (χ3v) is 4.38. The molecule has 0 saturated heterocycles. The van der Waals surface area contributed by atoms with Crippen molar-refractivity contribution < 1.29 is 4.74 Å². The van der Waals surface area contributed by atoms with Gasteiger partial charge in [-0.05, 0) is 61.9 Å². The third kappa shape index (κ3) is 4.70. The fraction of sp³-hybridized carbons (Fsp3) is 0.158. The van der Waals surface area contributed by atoms with Crippen molar-refractivity contribution >= 4 is 39.1 Å². The zero-order valence-corrected chi connectivity index (χ0v) is 15.7. The van der Waals surface area contributed by atoms with E-state index in [-0.39, 0.29) is 0 Å². The quantitative estimate of drug-likeness (QED) is 0.579. The first kappa shape index (κ1) is 17.2. The SMILES string of the molecule is CCOc1ccc(Nc2ccnc(Nc3ccc(C)c(Br)c3)n2)cc1. The number of anilines is 4. The molecule has 25 heavy (non-hydrogen) atoms. The number of benzene rings is 2. The molecule has 0 aliphatic carbocycles. The molecule has 0 aliphatic rings. The van der Waals surface area contributed by atoms with E-state index >= 15 is 0 Å². The molecular weight excluding hydrogens is 380 g/mol. The molecule has 1 heterocycles. The largest absolute Gasteiger partial charge is 0.494 e. The highest BCUT2D eigenvalue weighted by molar-refractivity contribution is 9.10. The van der Waals surface area contributed by atoms with Crippen LogP contribution in [0.25, 0.3) is 0 Å². The minimum atomic E-state index is 0.534. The summed E-state index contributed by atoms with van der Waals surface area (Å²) in [6.07, 6.45) is 1.72. The van der Waals surface area contributed by atoms with Crippen molar-refractivity contribution in [2.24, 2.45) is 0 Å². The molecule has 0 amide bonds. The number of aromatic nitrogens is 2. The van der Waals surface area contributed by atoms with Crippen molar-refractivity contribution in [3.05, 3.63) is 64.8 Å². The standard InChI is InChI=1S/C19H19BrN4O/c1-3-25-16-8-6-14(7-9-16)22-18-10-11-21-19(24-18)23-15-5-4-13(2)17(20)12-15/h4-12H,3H2,1-2H3,(H2,21,22,23,24). The predicted molar refractivity (Wildman–Crippen MR) is 105 cm³/mol. The maximum absolute atomic E-state index is 5.45. The first-order valence-electron chi connectivity index (χ1n) is 8.00. The highest BCUT2D eigenvalue weighted by Gasteiger charge is 2.03. The second-order valence-electron chi connectivity index (χ2n) is 5.44. The van der Waals surface area contributed by atoms with Gasteiger partial charge in [-0.2, -0.15) is 4.98 Å². The second kappa shape index (κ2) is 7.98. The van der Waals surface area contributed by atoms with Gasteiger partial charge in [0.15, 0.2) is 0 Å². The van der Waals surface area contributed by atoms with Gasteiger partial charge in [-0.1, -0.05) is 22.0 Å². The number of halogens is 1. The summed E-state index contributed by atoms with van der Waals surface area (Å²) in [7, 11) is 0. The summed E-state index contributed by atoms with van der Waals surface area (Å²) in [5, 5.41) is 6.48. The van der Waals surface area contributed by atoms with Crippen LogP contribution in [-0.2, 0) is 0 Å². The van der Waals surface area contributed by atoms with Gasteiger partial charge < -0.3 is 15.4 Å². The van der Waals surface area contributed by atoms with Crippen molar-refractivity contribution in [3.8, 4) is 5.75 Å². The summed E-state index contributed by atoms with van der Waals surface area (Å²) in [4.78, 5) is 8.76. The molecule has 0 saturated carbocycles. The molecule has 2 N–H and O–H groups in total. The number of ether oxygens (including phenoxy) is 1. The van der Waals surface area contributed by atoms with Gasteiger partial charge in [-0.25, -0.2) is 4.98 Å². The lowest BCUT2D eigenvalue weighted by Crippen LogP contribution is -2.00. The lowest BCUT2D eigenvalue weighted by atomic mass is 10.2. The van der Waals surface area contributed by atoms with Crippen molar-refractivity contribution in [2.75, 3.05) is 17.2 Å². The Balaban J connectivity index is 1.71. The highest BCUT2D eigenvalue weighted by Crippen LogP contribution is 2.23. The normalized spacial score (nSPS) is 10.4. The summed E-state index contributed by atoms with van der Waals surface area (Å²) in [5.41, 5.74) is 3.04. The molecule has 0 atom stereocenters. The molecule has 0 aliphatic heterocycles. The van der Waals surface area contributed by atoms with E-state index in [0.29, 0.717) is 18.4 Å². The van der Waals surface area contributed by atoms with Crippen molar-refractivity contribution in [1.82, 2.24) is 9.97 Å². The third-order valence-electron chi connectivity index (χ3n) is 3.52. The number of rotatable bonds is 6. The van der Waals surface area contributed by atoms with Crippen molar-refractivity contribution in [3.63, 3.8) is 0 Å². The van der Waals surface area contributed by atoms with E-state index < -0.39 is 0 Å². The van der Waals surface area contributed by atoms with Crippen LogP contribution < -0.4 is 15.4 Å². The molecule has 6 heteroatoms. The highest BCUT2D eigenvalue weighted by atomic mass is 79.9. The first-order valence-corrected chi connectivity index (χ1v) is 8.79. The number of nitrogens with one attached hydrogen (secondary N) is 2. The molecule has 1 aromatic heterocycles. The number of hydrogen-bond acceptors (Lipinski definition) is 5. The van der Waals surface area contributed by atoms with E-state index in [1.807, 2.05) is 62.4 Å². The fourth-order valence-corrected chi connectivity index (χ4v) is 2.62.